The molecule has 8 nitrogen and oxygen atoms in total. The molecule has 0 aliphatic heterocycles. The molecule has 1 amide bonds. The monoisotopic (exact) mass is 491 g/mol. The maximum Gasteiger partial charge on any atom is 0.269 e. The third-order valence-corrected chi connectivity index (χ3v) is 5.39. The van der Waals surface area contributed by atoms with Crippen molar-refractivity contribution in [1.82, 2.24) is 0 Å². The summed E-state index contributed by atoms with van der Waals surface area (Å²) in [7, 11) is 1.44. The number of nitrogens with zero attached hydrogens (tertiary/aromatic N) is 2. The number of carbonyl (C=O) groups excluding carboxylic acids is 1. The minimum atomic E-state index is -0.540. The first kappa shape index (κ1) is 25.3. The number of methoxy groups -OCH3 is 1. The van der Waals surface area contributed by atoms with E-state index >= 15 is 0 Å². The van der Waals surface area contributed by atoms with E-state index in [4.69, 9.17) is 21.1 Å². The number of rotatable bonds is 9. The molecule has 3 aromatic rings. The predicted octanol–water partition coefficient (Wildman–Crippen LogP) is 5.94. The zero-order valence-electron chi connectivity index (χ0n) is 19.1. The van der Waals surface area contributed by atoms with Gasteiger partial charge in [-0.2, -0.15) is 5.26 Å². The zero-order valence-corrected chi connectivity index (χ0v) is 19.8. The lowest BCUT2D eigenvalue weighted by atomic mass is 10.1. The van der Waals surface area contributed by atoms with E-state index in [2.05, 4.69) is 5.32 Å². The lowest BCUT2D eigenvalue weighted by Crippen LogP contribution is -2.14. The van der Waals surface area contributed by atoms with Crippen LogP contribution < -0.4 is 14.8 Å². The van der Waals surface area contributed by atoms with Gasteiger partial charge in [-0.25, -0.2) is 0 Å². The predicted molar refractivity (Wildman–Crippen MR) is 133 cm³/mol. The van der Waals surface area contributed by atoms with Gasteiger partial charge in [0.15, 0.2) is 11.5 Å². The fourth-order valence-electron chi connectivity index (χ4n) is 3.29. The number of carbonyl (C=O) groups is 1. The molecule has 0 spiro atoms. The first-order valence-corrected chi connectivity index (χ1v) is 11.0. The third kappa shape index (κ3) is 6.37. The van der Waals surface area contributed by atoms with Crippen molar-refractivity contribution in [1.29, 1.82) is 5.26 Å². The van der Waals surface area contributed by atoms with Crippen molar-refractivity contribution in [2.24, 2.45) is 0 Å². The Hall–Kier alpha value is -4.35. The Morgan fingerprint density at radius 3 is 2.54 bits per heavy atom. The van der Waals surface area contributed by atoms with Gasteiger partial charge >= 0.3 is 0 Å². The van der Waals surface area contributed by atoms with Crippen LogP contribution in [0.4, 0.5) is 11.4 Å². The average Bonchev–Trinajstić information content (AvgIpc) is 2.86. The molecule has 0 fully saturated rings. The van der Waals surface area contributed by atoms with E-state index in [1.165, 1.54) is 25.3 Å². The molecule has 35 heavy (non-hydrogen) atoms. The summed E-state index contributed by atoms with van der Waals surface area (Å²) in [5.41, 5.74) is 2.66. The zero-order chi connectivity index (χ0) is 25.4. The highest BCUT2D eigenvalue weighted by Crippen LogP contribution is 2.37. The molecule has 1 N–H and O–H groups in total. The molecule has 0 saturated carbocycles. The average molecular weight is 492 g/mol. The van der Waals surface area contributed by atoms with Crippen molar-refractivity contribution in [2.45, 2.75) is 20.0 Å². The molecule has 0 atom stereocenters. The van der Waals surface area contributed by atoms with Crippen LogP contribution >= 0.6 is 11.6 Å². The van der Waals surface area contributed by atoms with E-state index in [-0.39, 0.29) is 28.6 Å². The summed E-state index contributed by atoms with van der Waals surface area (Å²) < 4.78 is 11.2. The van der Waals surface area contributed by atoms with Crippen LogP contribution in [-0.4, -0.2) is 17.9 Å². The summed E-state index contributed by atoms with van der Waals surface area (Å²) in [5, 5.41) is 23.4. The standard InChI is InChI=1S/C26H22ClN3O5/c1-3-19-6-4-5-7-23(19)29-26(31)20(15-28)12-18-13-22(27)25(24(14-18)34-2)35-16-17-8-10-21(11-9-17)30(32)33/h4-14H,3,16H2,1-2H3,(H,29,31)/b20-12+. The fourth-order valence-corrected chi connectivity index (χ4v) is 3.56. The minimum Gasteiger partial charge on any atom is -0.493 e. The number of ether oxygens (including phenoxy) is 2. The SMILES string of the molecule is CCc1ccccc1NC(=O)/C(C#N)=C/c1cc(Cl)c(OCc2ccc([N+](=O)[O-])cc2)c(OC)c1. The van der Waals surface area contributed by atoms with Gasteiger partial charge in [0.2, 0.25) is 0 Å². The topological polar surface area (TPSA) is 114 Å². The van der Waals surface area contributed by atoms with E-state index in [0.717, 1.165) is 12.0 Å². The van der Waals surface area contributed by atoms with Gasteiger partial charge in [0.25, 0.3) is 11.6 Å². The molecule has 3 aromatic carbocycles. The molecule has 0 aromatic heterocycles. The van der Waals surface area contributed by atoms with Crippen molar-refractivity contribution >= 4 is 35.0 Å². The normalized spacial score (nSPS) is 10.9. The highest BCUT2D eigenvalue weighted by molar-refractivity contribution is 6.32. The number of benzene rings is 3. The quantitative estimate of drug-likeness (QED) is 0.171. The van der Waals surface area contributed by atoms with Crippen molar-refractivity contribution in [2.75, 3.05) is 12.4 Å². The number of amides is 1. The Morgan fingerprint density at radius 1 is 1.20 bits per heavy atom. The van der Waals surface area contributed by atoms with Gasteiger partial charge in [-0.1, -0.05) is 36.7 Å². The van der Waals surface area contributed by atoms with Gasteiger partial charge in [-0.3, -0.25) is 14.9 Å². The van der Waals surface area contributed by atoms with E-state index < -0.39 is 10.8 Å². The van der Waals surface area contributed by atoms with Crippen molar-refractivity contribution in [3.8, 4) is 17.6 Å². The number of nitrogens with one attached hydrogen (secondary N) is 1. The van der Waals surface area contributed by atoms with Gasteiger partial charge in [0.05, 0.1) is 17.1 Å². The van der Waals surface area contributed by atoms with Crippen LogP contribution in [0.3, 0.4) is 0 Å². The number of nitro benzene ring substituents is 1. The molecule has 0 aliphatic rings. The van der Waals surface area contributed by atoms with Crippen LogP contribution in [0.15, 0.2) is 66.2 Å². The number of hydrogen-bond donors (Lipinski definition) is 1. The van der Waals surface area contributed by atoms with Crippen molar-refractivity contribution in [3.05, 3.63) is 98.1 Å². The van der Waals surface area contributed by atoms with Crippen LogP contribution in [0.1, 0.15) is 23.6 Å². The highest BCUT2D eigenvalue weighted by Gasteiger charge is 2.15. The summed E-state index contributed by atoms with van der Waals surface area (Å²) >= 11 is 6.41. The molecule has 9 heteroatoms. The summed E-state index contributed by atoms with van der Waals surface area (Å²) in [6.07, 6.45) is 2.15. The van der Waals surface area contributed by atoms with Crippen LogP contribution in [-0.2, 0) is 17.8 Å². The molecule has 0 bridgehead atoms. The maximum atomic E-state index is 12.7. The van der Waals surface area contributed by atoms with Crippen molar-refractivity contribution in [3.63, 3.8) is 0 Å². The first-order valence-electron chi connectivity index (χ1n) is 10.6. The Labute approximate surface area is 207 Å². The smallest absolute Gasteiger partial charge is 0.269 e. The third-order valence-electron chi connectivity index (χ3n) is 5.10. The summed E-state index contributed by atoms with van der Waals surface area (Å²) in [6, 6.07) is 18.4. The fraction of sp³-hybridized carbons (Fsp3) is 0.154. The van der Waals surface area contributed by atoms with Gasteiger partial charge < -0.3 is 14.8 Å². The number of hydrogen-bond acceptors (Lipinski definition) is 6. The first-order chi connectivity index (χ1) is 16.9. The van der Waals surface area contributed by atoms with E-state index in [0.29, 0.717) is 22.6 Å². The number of anilines is 1. The summed E-state index contributed by atoms with van der Waals surface area (Å²) in [4.78, 5) is 23.0. The van der Waals surface area contributed by atoms with Crippen LogP contribution in [0.5, 0.6) is 11.5 Å². The minimum absolute atomic E-state index is 0.0176. The molecule has 0 radical (unpaired) electrons. The Morgan fingerprint density at radius 2 is 1.91 bits per heavy atom. The Kier molecular flexibility index (Phi) is 8.43. The molecular weight excluding hydrogens is 470 g/mol. The molecule has 0 saturated heterocycles. The number of halogens is 1. The molecule has 3 rings (SSSR count). The molecular formula is C26H22ClN3O5. The second kappa shape index (κ2) is 11.7. The highest BCUT2D eigenvalue weighted by atomic mass is 35.5. The maximum absolute atomic E-state index is 12.7. The number of para-hydroxylation sites is 1. The number of nitriles is 1. The van der Waals surface area contributed by atoms with Crippen LogP contribution in [0.25, 0.3) is 6.08 Å². The lowest BCUT2D eigenvalue weighted by molar-refractivity contribution is -0.384. The van der Waals surface area contributed by atoms with E-state index in [1.807, 2.05) is 31.2 Å². The van der Waals surface area contributed by atoms with Gasteiger partial charge in [-0.05, 0) is 59.5 Å². The second-order valence-corrected chi connectivity index (χ2v) is 7.79. The second-order valence-electron chi connectivity index (χ2n) is 7.38. The van der Waals surface area contributed by atoms with Crippen LogP contribution in [0.2, 0.25) is 5.02 Å². The van der Waals surface area contributed by atoms with E-state index in [9.17, 15) is 20.2 Å². The van der Waals surface area contributed by atoms with Crippen molar-refractivity contribution < 1.29 is 19.2 Å². The van der Waals surface area contributed by atoms with Gasteiger partial charge in [0.1, 0.15) is 18.2 Å². The summed E-state index contributed by atoms with van der Waals surface area (Å²) in [6.45, 7) is 2.08. The van der Waals surface area contributed by atoms with Crippen LogP contribution in [0, 0.1) is 21.4 Å². The number of aryl methyl sites for hydroxylation is 1. The molecule has 0 heterocycles. The number of nitro groups is 1. The lowest BCUT2D eigenvalue weighted by Gasteiger charge is -2.14. The molecule has 0 aliphatic carbocycles. The summed E-state index contributed by atoms with van der Waals surface area (Å²) in [5.74, 6) is 0.0335. The van der Waals surface area contributed by atoms with Gasteiger partial charge in [-0.15, -0.1) is 0 Å². The molecule has 178 valence electrons. The largest absolute Gasteiger partial charge is 0.493 e. The Balaban J connectivity index is 1.80. The van der Waals surface area contributed by atoms with E-state index in [1.54, 1.807) is 30.3 Å². The Bertz CT molecular complexity index is 1310. The molecule has 0 unspecified atom stereocenters. The van der Waals surface area contributed by atoms with Gasteiger partial charge in [0, 0.05) is 17.8 Å². The number of non-ortho nitro benzene ring substituents is 1.